The van der Waals surface area contributed by atoms with Crippen molar-refractivity contribution in [1.29, 1.82) is 0 Å². The van der Waals surface area contributed by atoms with Gasteiger partial charge in [0.2, 0.25) is 0 Å². The Hall–Kier alpha value is -0.190. The van der Waals surface area contributed by atoms with E-state index in [0.29, 0.717) is 25.4 Å². The van der Waals surface area contributed by atoms with Gasteiger partial charge in [0.25, 0.3) is 0 Å². The molecular formula is C11H22FN3. The molecule has 2 rings (SSSR count). The molecule has 0 spiro atoms. The topological polar surface area (TPSA) is 50.1 Å². The number of nitrogens with two attached hydrogens (primary N) is 1. The largest absolute Gasteiger partial charge is 0.328 e. The van der Waals surface area contributed by atoms with E-state index < -0.39 is 5.67 Å². The predicted octanol–water partition coefficient (Wildman–Crippen LogP) is 0.547. The first-order chi connectivity index (χ1) is 7.18. The summed E-state index contributed by atoms with van der Waals surface area (Å²) in [7, 11) is 0. The quantitative estimate of drug-likeness (QED) is 0.644. The average molecular weight is 215 g/mol. The molecule has 1 atom stereocenters. The van der Waals surface area contributed by atoms with E-state index in [9.17, 15) is 4.39 Å². The molecule has 1 heterocycles. The molecule has 1 aliphatic heterocycles. The standard InChI is InChI=1S/C11H22FN3/c12-11(4-1-9(13)2-5-11)8-15-10-3-6-14-7-10/h9-10,14-15H,1-8,13H2. The van der Waals surface area contributed by atoms with Crippen LogP contribution in [0.3, 0.4) is 0 Å². The Bertz CT molecular complexity index is 196. The highest BCUT2D eigenvalue weighted by molar-refractivity contribution is 4.91. The molecule has 0 amide bonds. The normalized spacial score (nSPS) is 42.0. The van der Waals surface area contributed by atoms with Crippen LogP contribution in [0.25, 0.3) is 0 Å². The lowest BCUT2D eigenvalue weighted by molar-refractivity contribution is 0.0948. The van der Waals surface area contributed by atoms with E-state index >= 15 is 0 Å². The molecule has 0 radical (unpaired) electrons. The van der Waals surface area contributed by atoms with Gasteiger partial charge in [0.05, 0.1) is 0 Å². The van der Waals surface area contributed by atoms with Crippen molar-refractivity contribution in [3.05, 3.63) is 0 Å². The molecule has 4 heteroatoms. The number of alkyl halides is 1. The third kappa shape index (κ3) is 3.13. The van der Waals surface area contributed by atoms with Gasteiger partial charge in [-0.05, 0) is 38.6 Å². The minimum atomic E-state index is -1.00. The van der Waals surface area contributed by atoms with Crippen LogP contribution in [-0.4, -0.2) is 37.4 Å². The number of hydrogen-bond donors (Lipinski definition) is 3. The van der Waals surface area contributed by atoms with Gasteiger partial charge >= 0.3 is 0 Å². The Kier molecular flexibility index (Phi) is 3.59. The zero-order valence-corrected chi connectivity index (χ0v) is 9.27. The van der Waals surface area contributed by atoms with Crippen molar-refractivity contribution in [3.8, 4) is 0 Å². The minimum Gasteiger partial charge on any atom is -0.328 e. The van der Waals surface area contributed by atoms with E-state index in [2.05, 4.69) is 10.6 Å². The van der Waals surface area contributed by atoms with Gasteiger partial charge in [-0.25, -0.2) is 4.39 Å². The Balaban J connectivity index is 1.72. The smallest absolute Gasteiger partial charge is 0.123 e. The number of halogens is 1. The monoisotopic (exact) mass is 215 g/mol. The first-order valence-electron chi connectivity index (χ1n) is 6.07. The van der Waals surface area contributed by atoms with Crippen molar-refractivity contribution in [3.63, 3.8) is 0 Å². The summed E-state index contributed by atoms with van der Waals surface area (Å²) in [5.74, 6) is 0. The van der Waals surface area contributed by atoms with Crippen molar-refractivity contribution in [2.45, 2.75) is 49.9 Å². The Morgan fingerprint density at radius 1 is 1.33 bits per heavy atom. The fraction of sp³-hybridized carbons (Fsp3) is 1.00. The van der Waals surface area contributed by atoms with Gasteiger partial charge in [-0.2, -0.15) is 0 Å². The molecule has 0 aromatic heterocycles. The molecule has 0 aromatic carbocycles. The Labute approximate surface area is 91.0 Å². The van der Waals surface area contributed by atoms with E-state index in [1.54, 1.807) is 0 Å². The maximum atomic E-state index is 14.3. The summed E-state index contributed by atoms with van der Waals surface area (Å²) in [5.41, 5.74) is 4.78. The van der Waals surface area contributed by atoms with Crippen LogP contribution >= 0.6 is 0 Å². The second-order valence-electron chi connectivity index (χ2n) is 5.06. The van der Waals surface area contributed by atoms with Crippen LogP contribution in [0.5, 0.6) is 0 Å². The first kappa shape index (κ1) is 11.3. The predicted molar refractivity (Wildman–Crippen MR) is 59.6 cm³/mol. The van der Waals surface area contributed by atoms with E-state index in [0.717, 1.165) is 32.4 Å². The first-order valence-corrected chi connectivity index (χ1v) is 6.07. The van der Waals surface area contributed by atoms with E-state index in [4.69, 9.17) is 5.73 Å². The summed E-state index contributed by atoms with van der Waals surface area (Å²) < 4.78 is 14.3. The molecule has 1 unspecified atom stereocenters. The van der Waals surface area contributed by atoms with E-state index in [1.165, 1.54) is 0 Å². The van der Waals surface area contributed by atoms with Gasteiger partial charge in [0.15, 0.2) is 0 Å². The lowest BCUT2D eigenvalue weighted by Gasteiger charge is -2.33. The molecule has 1 saturated heterocycles. The summed E-state index contributed by atoms with van der Waals surface area (Å²) in [6.07, 6.45) is 4.04. The summed E-state index contributed by atoms with van der Waals surface area (Å²) >= 11 is 0. The number of rotatable bonds is 3. The van der Waals surface area contributed by atoms with Gasteiger partial charge in [-0.15, -0.1) is 0 Å². The average Bonchev–Trinajstić information content (AvgIpc) is 2.73. The zero-order valence-electron chi connectivity index (χ0n) is 9.27. The van der Waals surface area contributed by atoms with Crippen LogP contribution in [-0.2, 0) is 0 Å². The van der Waals surface area contributed by atoms with Crippen molar-refractivity contribution in [2.24, 2.45) is 5.73 Å². The highest BCUT2D eigenvalue weighted by Crippen LogP contribution is 2.30. The molecule has 0 bridgehead atoms. The van der Waals surface area contributed by atoms with Gasteiger partial charge < -0.3 is 16.4 Å². The van der Waals surface area contributed by atoms with Gasteiger partial charge in [0, 0.05) is 25.2 Å². The SMILES string of the molecule is NC1CCC(F)(CNC2CCNC2)CC1. The van der Waals surface area contributed by atoms with Crippen LogP contribution in [0.1, 0.15) is 32.1 Å². The number of hydrogen-bond acceptors (Lipinski definition) is 3. The molecule has 2 fully saturated rings. The maximum absolute atomic E-state index is 14.3. The highest BCUT2D eigenvalue weighted by atomic mass is 19.1. The van der Waals surface area contributed by atoms with Gasteiger partial charge in [-0.1, -0.05) is 0 Å². The van der Waals surface area contributed by atoms with Crippen molar-refractivity contribution < 1.29 is 4.39 Å². The molecular weight excluding hydrogens is 193 g/mol. The van der Waals surface area contributed by atoms with Crippen LogP contribution in [0, 0.1) is 0 Å². The minimum absolute atomic E-state index is 0.224. The summed E-state index contributed by atoms with van der Waals surface area (Å²) in [5, 5.41) is 6.60. The second-order valence-corrected chi connectivity index (χ2v) is 5.06. The Morgan fingerprint density at radius 2 is 2.07 bits per heavy atom. The molecule has 2 aliphatic rings. The molecule has 1 aliphatic carbocycles. The molecule has 88 valence electrons. The molecule has 0 aromatic rings. The summed E-state index contributed by atoms with van der Waals surface area (Å²) in [4.78, 5) is 0. The maximum Gasteiger partial charge on any atom is 0.123 e. The Morgan fingerprint density at radius 3 is 2.67 bits per heavy atom. The van der Waals surface area contributed by atoms with Gasteiger partial charge in [0.1, 0.15) is 5.67 Å². The second kappa shape index (κ2) is 4.76. The van der Waals surface area contributed by atoms with Gasteiger partial charge in [-0.3, -0.25) is 0 Å². The fourth-order valence-corrected chi connectivity index (χ4v) is 2.49. The third-order valence-corrected chi connectivity index (χ3v) is 3.69. The van der Waals surface area contributed by atoms with Crippen LogP contribution < -0.4 is 16.4 Å². The van der Waals surface area contributed by atoms with E-state index in [1.807, 2.05) is 0 Å². The van der Waals surface area contributed by atoms with E-state index in [-0.39, 0.29) is 6.04 Å². The van der Waals surface area contributed by atoms with Crippen LogP contribution in [0.2, 0.25) is 0 Å². The van der Waals surface area contributed by atoms with Crippen LogP contribution in [0.15, 0.2) is 0 Å². The number of nitrogens with one attached hydrogen (secondary N) is 2. The highest BCUT2D eigenvalue weighted by Gasteiger charge is 2.34. The third-order valence-electron chi connectivity index (χ3n) is 3.69. The lowest BCUT2D eigenvalue weighted by Crippen LogP contribution is -2.46. The summed E-state index contributed by atoms with van der Waals surface area (Å²) in [6, 6.07) is 0.690. The molecule has 4 N–H and O–H groups in total. The van der Waals surface area contributed by atoms with Crippen molar-refractivity contribution in [2.75, 3.05) is 19.6 Å². The summed E-state index contributed by atoms with van der Waals surface area (Å²) in [6.45, 7) is 2.55. The fourth-order valence-electron chi connectivity index (χ4n) is 2.49. The molecule has 1 saturated carbocycles. The lowest BCUT2D eigenvalue weighted by atomic mass is 9.84. The van der Waals surface area contributed by atoms with Crippen LogP contribution in [0.4, 0.5) is 4.39 Å². The molecule has 3 nitrogen and oxygen atoms in total. The molecule has 15 heavy (non-hydrogen) atoms. The van der Waals surface area contributed by atoms with Crippen molar-refractivity contribution in [1.82, 2.24) is 10.6 Å². The van der Waals surface area contributed by atoms with Crippen molar-refractivity contribution >= 4 is 0 Å². The zero-order chi connectivity index (χ0) is 10.7.